The lowest BCUT2D eigenvalue weighted by Gasteiger charge is -2.05. The van der Waals surface area contributed by atoms with Crippen LogP contribution in [0.3, 0.4) is 0 Å². The van der Waals surface area contributed by atoms with E-state index in [1.165, 1.54) is 5.56 Å². The van der Waals surface area contributed by atoms with Gasteiger partial charge in [0.2, 0.25) is 0 Å². The topological polar surface area (TPSA) is 47.0 Å². The fourth-order valence-corrected chi connectivity index (χ4v) is 1.71. The van der Waals surface area contributed by atoms with Crippen molar-refractivity contribution in [3.8, 4) is 0 Å². The number of aryl methyl sites for hydroxylation is 1. The van der Waals surface area contributed by atoms with Crippen LogP contribution in [0.1, 0.15) is 22.8 Å². The first-order valence-corrected chi connectivity index (χ1v) is 4.86. The SMILES string of the molecule is COCCc1nc(C)c2c(n1)CNC2. The molecular formula is C10H15N3O. The summed E-state index contributed by atoms with van der Waals surface area (Å²) < 4.78 is 5.01. The van der Waals surface area contributed by atoms with Crippen molar-refractivity contribution in [3.63, 3.8) is 0 Å². The Hall–Kier alpha value is -1.00. The Bertz CT molecular complexity index is 338. The number of nitrogens with zero attached hydrogens (tertiary/aromatic N) is 2. The lowest BCUT2D eigenvalue weighted by atomic mass is 10.2. The largest absolute Gasteiger partial charge is 0.384 e. The molecule has 1 aromatic rings. The lowest BCUT2D eigenvalue weighted by Crippen LogP contribution is -2.06. The van der Waals surface area contributed by atoms with Crippen molar-refractivity contribution in [3.05, 3.63) is 22.8 Å². The smallest absolute Gasteiger partial charge is 0.131 e. The van der Waals surface area contributed by atoms with E-state index >= 15 is 0 Å². The third kappa shape index (κ3) is 1.76. The molecule has 0 aromatic carbocycles. The molecule has 2 rings (SSSR count). The second kappa shape index (κ2) is 4.02. The molecule has 2 heterocycles. The first-order valence-electron chi connectivity index (χ1n) is 4.86. The average Bonchev–Trinajstić information content (AvgIpc) is 2.63. The van der Waals surface area contributed by atoms with Gasteiger partial charge in [-0.15, -0.1) is 0 Å². The number of ether oxygens (including phenoxy) is 1. The van der Waals surface area contributed by atoms with Crippen LogP contribution in [-0.4, -0.2) is 23.7 Å². The Morgan fingerprint density at radius 3 is 3.00 bits per heavy atom. The van der Waals surface area contributed by atoms with Crippen LogP contribution in [0.2, 0.25) is 0 Å². The Morgan fingerprint density at radius 2 is 2.21 bits per heavy atom. The molecule has 0 unspecified atom stereocenters. The van der Waals surface area contributed by atoms with E-state index in [1.807, 2.05) is 6.92 Å². The summed E-state index contributed by atoms with van der Waals surface area (Å²) in [4.78, 5) is 8.95. The number of rotatable bonds is 3. The van der Waals surface area contributed by atoms with Gasteiger partial charge in [-0.1, -0.05) is 0 Å². The molecule has 76 valence electrons. The lowest BCUT2D eigenvalue weighted by molar-refractivity contribution is 0.200. The second-order valence-electron chi connectivity index (χ2n) is 3.50. The van der Waals surface area contributed by atoms with Gasteiger partial charge < -0.3 is 10.1 Å². The van der Waals surface area contributed by atoms with E-state index in [-0.39, 0.29) is 0 Å². The normalized spacial score (nSPS) is 14.4. The summed E-state index contributed by atoms with van der Waals surface area (Å²) in [5.74, 6) is 0.895. The summed E-state index contributed by atoms with van der Waals surface area (Å²) in [6.45, 7) is 4.51. The zero-order valence-electron chi connectivity index (χ0n) is 8.63. The van der Waals surface area contributed by atoms with Gasteiger partial charge in [0.25, 0.3) is 0 Å². The highest BCUT2D eigenvalue weighted by Crippen LogP contribution is 2.16. The summed E-state index contributed by atoms with van der Waals surface area (Å²) in [5.41, 5.74) is 3.53. The Balaban J connectivity index is 2.23. The van der Waals surface area contributed by atoms with E-state index in [4.69, 9.17) is 4.74 Å². The molecule has 0 spiro atoms. The van der Waals surface area contributed by atoms with E-state index in [2.05, 4.69) is 15.3 Å². The zero-order valence-corrected chi connectivity index (χ0v) is 8.63. The molecule has 0 saturated heterocycles. The Kier molecular flexibility index (Phi) is 2.74. The number of nitrogens with one attached hydrogen (secondary N) is 1. The van der Waals surface area contributed by atoms with Crippen molar-refractivity contribution in [2.24, 2.45) is 0 Å². The highest BCUT2D eigenvalue weighted by atomic mass is 16.5. The Labute approximate surface area is 83.7 Å². The maximum atomic E-state index is 5.01. The monoisotopic (exact) mass is 193 g/mol. The van der Waals surface area contributed by atoms with Gasteiger partial charge in [0.15, 0.2) is 0 Å². The molecule has 4 nitrogen and oxygen atoms in total. The van der Waals surface area contributed by atoms with Gasteiger partial charge in [-0.25, -0.2) is 9.97 Å². The molecule has 0 aliphatic carbocycles. The molecule has 0 saturated carbocycles. The maximum absolute atomic E-state index is 5.01. The van der Waals surface area contributed by atoms with Crippen molar-refractivity contribution < 1.29 is 4.74 Å². The molecule has 1 aliphatic rings. The minimum Gasteiger partial charge on any atom is -0.384 e. The van der Waals surface area contributed by atoms with Crippen molar-refractivity contribution in [2.45, 2.75) is 26.4 Å². The van der Waals surface area contributed by atoms with E-state index in [0.717, 1.165) is 36.7 Å². The van der Waals surface area contributed by atoms with Gasteiger partial charge in [-0.2, -0.15) is 0 Å². The minimum absolute atomic E-state index is 0.686. The van der Waals surface area contributed by atoms with Gasteiger partial charge in [-0.05, 0) is 6.92 Å². The molecule has 14 heavy (non-hydrogen) atoms. The van der Waals surface area contributed by atoms with E-state index in [1.54, 1.807) is 7.11 Å². The number of aromatic nitrogens is 2. The highest BCUT2D eigenvalue weighted by molar-refractivity contribution is 5.28. The van der Waals surface area contributed by atoms with Crippen molar-refractivity contribution in [2.75, 3.05) is 13.7 Å². The molecule has 0 fully saturated rings. The molecule has 1 aliphatic heterocycles. The molecule has 4 heteroatoms. The van der Waals surface area contributed by atoms with Crippen LogP contribution in [-0.2, 0) is 24.2 Å². The second-order valence-corrected chi connectivity index (χ2v) is 3.50. The fraction of sp³-hybridized carbons (Fsp3) is 0.600. The van der Waals surface area contributed by atoms with Crippen LogP contribution >= 0.6 is 0 Å². The van der Waals surface area contributed by atoms with Crippen molar-refractivity contribution in [1.29, 1.82) is 0 Å². The van der Waals surface area contributed by atoms with Gasteiger partial charge >= 0.3 is 0 Å². The molecule has 0 atom stereocenters. The molecule has 0 amide bonds. The summed E-state index contributed by atoms with van der Waals surface area (Å²) in [6.07, 6.45) is 0.796. The molecular weight excluding hydrogens is 178 g/mol. The molecule has 0 radical (unpaired) electrons. The molecule has 1 N–H and O–H groups in total. The molecule has 1 aromatic heterocycles. The highest BCUT2D eigenvalue weighted by Gasteiger charge is 2.15. The van der Waals surface area contributed by atoms with Gasteiger partial charge in [-0.3, -0.25) is 0 Å². The van der Waals surface area contributed by atoms with E-state index in [9.17, 15) is 0 Å². The average molecular weight is 193 g/mol. The third-order valence-electron chi connectivity index (χ3n) is 2.47. The standard InChI is InChI=1S/C10H15N3O/c1-7-8-5-11-6-9(8)13-10(12-7)3-4-14-2/h11H,3-6H2,1-2H3. The van der Waals surface area contributed by atoms with Crippen LogP contribution in [0.15, 0.2) is 0 Å². The van der Waals surface area contributed by atoms with Crippen LogP contribution in [0.4, 0.5) is 0 Å². The predicted octanol–water partition coefficient (Wildman–Crippen LogP) is 0.577. The maximum Gasteiger partial charge on any atom is 0.131 e. The van der Waals surface area contributed by atoms with Crippen LogP contribution < -0.4 is 5.32 Å². The summed E-state index contributed by atoms with van der Waals surface area (Å²) >= 11 is 0. The van der Waals surface area contributed by atoms with Gasteiger partial charge in [0.1, 0.15) is 5.82 Å². The van der Waals surface area contributed by atoms with Crippen LogP contribution in [0.5, 0.6) is 0 Å². The summed E-state index contributed by atoms with van der Waals surface area (Å²) in [6, 6.07) is 0. The van der Waals surface area contributed by atoms with Crippen molar-refractivity contribution >= 4 is 0 Å². The van der Waals surface area contributed by atoms with Crippen LogP contribution in [0, 0.1) is 6.92 Å². The first-order chi connectivity index (χ1) is 6.81. The first kappa shape index (κ1) is 9.55. The van der Waals surface area contributed by atoms with E-state index < -0.39 is 0 Å². The zero-order chi connectivity index (χ0) is 9.97. The predicted molar refractivity (Wildman–Crippen MR) is 52.9 cm³/mol. The van der Waals surface area contributed by atoms with Gasteiger partial charge in [0.05, 0.1) is 12.3 Å². The molecule has 0 bridgehead atoms. The summed E-state index contributed by atoms with van der Waals surface area (Å²) in [5, 5.41) is 3.28. The minimum atomic E-state index is 0.686. The van der Waals surface area contributed by atoms with Crippen molar-refractivity contribution in [1.82, 2.24) is 15.3 Å². The van der Waals surface area contributed by atoms with Crippen LogP contribution in [0.25, 0.3) is 0 Å². The number of hydrogen-bond donors (Lipinski definition) is 1. The van der Waals surface area contributed by atoms with E-state index in [0.29, 0.717) is 6.61 Å². The quantitative estimate of drug-likeness (QED) is 0.762. The summed E-state index contributed by atoms with van der Waals surface area (Å²) in [7, 11) is 1.70. The van der Waals surface area contributed by atoms with Gasteiger partial charge in [0, 0.05) is 37.9 Å². The number of methoxy groups -OCH3 is 1. The fourth-order valence-electron chi connectivity index (χ4n) is 1.71. The third-order valence-corrected chi connectivity index (χ3v) is 2.47. The number of hydrogen-bond acceptors (Lipinski definition) is 4. The number of fused-ring (bicyclic) bond motifs is 1. The Morgan fingerprint density at radius 1 is 1.36 bits per heavy atom.